The molecule has 110 valence electrons. The van der Waals surface area contributed by atoms with Gasteiger partial charge in [-0.15, -0.1) is 0 Å². The van der Waals surface area contributed by atoms with Crippen molar-refractivity contribution in [3.05, 3.63) is 0 Å². The molecule has 19 heavy (non-hydrogen) atoms. The van der Waals surface area contributed by atoms with Crippen molar-refractivity contribution in [2.45, 2.75) is 51.5 Å². The molecule has 1 heterocycles. The molecule has 0 bridgehead atoms. The van der Waals surface area contributed by atoms with E-state index in [0.29, 0.717) is 11.0 Å². The van der Waals surface area contributed by atoms with Crippen molar-refractivity contribution in [1.82, 2.24) is 10.2 Å². The summed E-state index contributed by atoms with van der Waals surface area (Å²) < 4.78 is 0. The topological polar surface area (TPSA) is 27.6 Å². The van der Waals surface area contributed by atoms with Crippen molar-refractivity contribution in [3.63, 3.8) is 0 Å². The molecule has 2 rings (SSSR count). The summed E-state index contributed by atoms with van der Waals surface area (Å²) in [6.45, 7) is 6.65. The van der Waals surface area contributed by atoms with Crippen LogP contribution in [0.4, 0.5) is 0 Å². The molecule has 2 aliphatic rings. The van der Waals surface area contributed by atoms with Crippen LogP contribution < -0.4 is 5.32 Å². The molecule has 4 heteroatoms. The molecule has 1 aliphatic heterocycles. The minimum absolute atomic E-state index is 0.382. The number of likely N-dealkylation sites (N-methyl/N-ethyl adjacent to an activating group) is 1. The van der Waals surface area contributed by atoms with Crippen LogP contribution in [0.1, 0.15) is 46.0 Å². The Balaban J connectivity index is 1.86. The Kier molecular flexibility index (Phi) is 4.83. The molecule has 1 saturated carbocycles. The van der Waals surface area contributed by atoms with Crippen LogP contribution in [0.5, 0.6) is 0 Å². The largest absolute Gasteiger partial charge is 0.363 e. The van der Waals surface area contributed by atoms with E-state index in [4.69, 9.17) is 4.99 Å². The molecule has 0 aromatic heterocycles. The Morgan fingerprint density at radius 2 is 1.95 bits per heavy atom. The lowest BCUT2D eigenvalue weighted by atomic mass is 9.75. The van der Waals surface area contributed by atoms with Crippen LogP contribution in [0.25, 0.3) is 0 Å². The lowest BCUT2D eigenvalue weighted by Crippen LogP contribution is -2.57. The molecule has 1 aliphatic carbocycles. The lowest BCUT2D eigenvalue weighted by molar-refractivity contribution is 0.0650. The van der Waals surface area contributed by atoms with Gasteiger partial charge in [-0.05, 0) is 51.6 Å². The predicted molar refractivity (Wildman–Crippen MR) is 86.0 cm³/mol. The number of nitrogens with one attached hydrogen (secondary N) is 1. The highest BCUT2D eigenvalue weighted by atomic mass is 32.2. The fraction of sp³-hybridized carbons (Fsp3) is 0.933. The third-order valence-corrected chi connectivity index (χ3v) is 6.68. The minimum Gasteiger partial charge on any atom is -0.363 e. The van der Waals surface area contributed by atoms with Gasteiger partial charge in [0.2, 0.25) is 0 Å². The molecule has 0 atom stereocenters. The maximum absolute atomic E-state index is 4.80. The normalized spacial score (nSPS) is 24.8. The molecule has 0 unspecified atom stereocenters. The van der Waals surface area contributed by atoms with Gasteiger partial charge in [0.05, 0.1) is 0 Å². The van der Waals surface area contributed by atoms with Crippen LogP contribution in [0.2, 0.25) is 0 Å². The Labute approximate surface area is 122 Å². The summed E-state index contributed by atoms with van der Waals surface area (Å²) in [5, 5.41) is 4.77. The Hall–Kier alpha value is -0.220. The van der Waals surface area contributed by atoms with Crippen LogP contribution in [0, 0.1) is 5.41 Å². The van der Waals surface area contributed by atoms with Crippen molar-refractivity contribution >= 4 is 16.9 Å². The number of thioether (sulfide) groups is 1. The SMILES string of the molecule is CCC1(CC)CN=C(NCC2(N(C)C)CCC2)SC1. The zero-order chi connectivity index (χ0) is 13.9. The van der Waals surface area contributed by atoms with Crippen LogP contribution >= 0.6 is 11.8 Å². The van der Waals surface area contributed by atoms with Crippen molar-refractivity contribution in [2.75, 3.05) is 32.9 Å². The first-order valence-electron chi connectivity index (χ1n) is 7.64. The molecule has 3 nitrogen and oxygen atoms in total. The van der Waals surface area contributed by atoms with Crippen molar-refractivity contribution in [3.8, 4) is 0 Å². The summed E-state index contributed by atoms with van der Waals surface area (Å²) in [5.74, 6) is 1.22. The van der Waals surface area contributed by atoms with Crippen LogP contribution in [-0.4, -0.2) is 48.5 Å². The fourth-order valence-corrected chi connectivity index (χ4v) is 4.22. The Morgan fingerprint density at radius 1 is 1.26 bits per heavy atom. The summed E-state index contributed by atoms with van der Waals surface area (Å²) >= 11 is 1.93. The van der Waals surface area contributed by atoms with Gasteiger partial charge in [-0.2, -0.15) is 0 Å². The molecule has 1 fully saturated rings. The fourth-order valence-electron chi connectivity index (χ4n) is 2.94. The molecule has 0 radical (unpaired) electrons. The van der Waals surface area contributed by atoms with E-state index in [-0.39, 0.29) is 0 Å². The quantitative estimate of drug-likeness (QED) is 0.840. The second kappa shape index (κ2) is 6.04. The van der Waals surface area contributed by atoms with Gasteiger partial charge in [0.25, 0.3) is 0 Å². The number of hydrogen-bond donors (Lipinski definition) is 1. The zero-order valence-corrected chi connectivity index (χ0v) is 13.8. The summed E-state index contributed by atoms with van der Waals surface area (Å²) in [6.07, 6.45) is 6.50. The van der Waals surface area contributed by atoms with E-state index in [2.05, 4.69) is 38.2 Å². The van der Waals surface area contributed by atoms with Gasteiger partial charge in [-0.3, -0.25) is 4.99 Å². The second-order valence-corrected chi connectivity index (χ2v) is 7.41. The average molecular weight is 283 g/mol. The average Bonchev–Trinajstić information content (AvgIpc) is 2.38. The minimum atomic E-state index is 0.382. The first-order chi connectivity index (χ1) is 9.06. The Bertz CT molecular complexity index is 330. The van der Waals surface area contributed by atoms with E-state index in [1.54, 1.807) is 0 Å². The summed E-state index contributed by atoms with van der Waals surface area (Å²) in [7, 11) is 4.41. The predicted octanol–water partition coefficient (Wildman–Crippen LogP) is 2.97. The van der Waals surface area contributed by atoms with Crippen molar-refractivity contribution in [2.24, 2.45) is 10.4 Å². The number of nitrogens with zero attached hydrogens (tertiary/aromatic N) is 2. The number of hydrogen-bond acceptors (Lipinski definition) is 4. The van der Waals surface area contributed by atoms with E-state index < -0.39 is 0 Å². The van der Waals surface area contributed by atoms with Gasteiger partial charge in [0.15, 0.2) is 5.17 Å². The zero-order valence-electron chi connectivity index (χ0n) is 13.0. The van der Waals surface area contributed by atoms with E-state index in [9.17, 15) is 0 Å². The highest BCUT2D eigenvalue weighted by molar-refractivity contribution is 8.13. The highest BCUT2D eigenvalue weighted by Gasteiger charge is 2.39. The van der Waals surface area contributed by atoms with Crippen LogP contribution in [0.3, 0.4) is 0 Å². The van der Waals surface area contributed by atoms with Crippen LogP contribution in [0.15, 0.2) is 4.99 Å². The maximum Gasteiger partial charge on any atom is 0.156 e. The van der Waals surface area contributed by atoms with Crippen molar-refractivity contribution < 1.29 is 0 Å². The molecule has 0 amide bonds. The Morgan fingerprint density at radius 3 is 2.32 bits per heavy atom. The third-order valence-electron chi connectivity index (χ3n) is 5.37. The number of rotatable bonds is 5. The van der Waals surface area contributed by atoms with Gasteiger partial charge in [0, 0.05) is 24.4 Å². The van der Waals surface area contributed by atoms with Crippen molar-refractivity contribution in [1.29, 1.82) is 0 Å². The molecule has 0 saturated heterocycles. The van der Waals surface area contributed by atoms with Gasteiger partial charge in [-0.25, -0.2) is 0 Å². The molecular formula is C15H29N3S. The summed E-state index contributed by atoms with van der Waals surface area (Å²) in [5.41, 5.74) is 0.832. The molecule has 0 spiro atoms. The van der Waals surface area contributed by atoms with Gasteiger partial charge < -0.3 is 10.2 Å². The molecule has 1 N–H and O–H groups in total. The number of amidine groups is 1. The first-order valence-corrected chi connectivity index (χ1v) is 8.63. The monoisotopic (exact) mass is 283 g/mol. The van der Waals surface area contributed by atoms with Gasteiger partial charge in [-0.1, -0.05) is 25.6 Å². The molecular weight excluding hydrogens is 254 g/mol. The van der Waals surface area contributed by atoms with Crippen LogP contribution in [-0.2, 0) is 0 Å². The number of aliphatic imine (C=N–C) groups is 1. The highest BCUT2D eigenvalue weighted by Crippen LogP contribution is 2.37. The maximum atomic E-state index is 4.80. The smallest absolute Gasteiger partial charge is 0.156 e. The summed E-state index contributed by atoms with van der Waals surface area (Å²) in [6, 6.07) is 0. The van der Waals surface area contributed by atoms with E-state index in [1.807, 2.05) is 11.8 Å². The first kappa shape index (κ1) is 15.2. The lowest BCUT2D eigenvalue weighted by Gasteiger charge is -2.47. The van der Waals surface area contributed by atoms with E-state index in [1.165, 1.54) is 43.0 Å². The molecule has 0 aromatic rings. The van der Waals surface area contributed by atoms with E-state index >= 15 is 0 Å². The summed E-state index contributed by atoms with van der Waals surface area (Å²) in [4.78, 5) is 7.18. The van der Waals surface area contributed by atoms with Gasteiger partial charge in [0.1, 0.15) is 0 Å². The van der Waals surface area contributed by atoms with Gasteiger partial charge >= 0.3 is 0 Å². The van der Waals surface area contributed by atoms with E-state index in [0.717, 1.165) is 13.1 Å². The third kappa shape index (κ3) is 3.10. The standard InChI is InChI=1S/C15H29N3S/c1-5-14(6-2)10-16-13(19-12-14)17-11-15(18(3)4)8-7-9-15/h5-12H2,1-4H3,(H,16,17). The molecule has 0 aromatic carbocycles. The second-order valence-electron chi connectivity index (χ2n) is 6.44.